The molecule has 0 bridgehead atoms. The number of halogens is 2. The zero-order chi connectivity index (χ0) is 18.0. The first-order chi connectivity index (χ1) is 12.0. The van der Waals surface area contributed by atoms with Gasteiger partial charge in [-0.3, -0.25) is 4.79 Å². The molecular weight excluding hydrogens is 359 g/mol. The van der Waals surface area contributed by atoms with Gasteiger partial charge in [0.1, 0.15) is 5.82 Å². The average Bonchev–Trinajstić information content (AvgIpc) is 3.03. The van der Waals surface area contributed by atoms with E-state index >= 15 is 0 Å². The summed E-state index contributed by atoms with van der Waals surface area (Å²) in [4.78, 5) is 14.4. The van der Waals surface area contributed by atoms with Crippen LogP contribution in [-0.2, 0) is 0 Å². The highest BCUT2D eigenvalue weighted by Crippen LogP contribution is 2.32. The molecule has 1 aliphatic heterocycles. The molecular formula is C19H22ClFN2O3. The fraction of sp³-hybridized carbons (Fsp3) is 0.316. The molecule has 1 aliphatic rings. The second-order valence-corrected chi connectivity index (χ2v) is 6.08. The number of carbonyl (C=O) groups is 1. The molecule has 0 spiro atoms. The number of nitrogens with two attached hydrogens (primary N) is 1. The van der Waals surface area contributed by atoms with Gasteiger partial charge in [0.25, 0.3) is 5.91 Å². The Bertz CT molecular complexity index is 773. The third-order valence-corrected chi connectivity index (χ3v) is 4.58. The molecule has 0 aliphatic carbocycles. The van der Waals surface area contributed by atoms with Crippen LogP contribution in [0, 0.1) is 5.82 Å². The zero-order valence-corrected chi connectivity index (χ0v) is 15.5. The highest BCUT2D eigenvalue weighted by atomic mass is 35.5. The number of ether oxygens (including phenoxy) is 2. The smallest absolute Gasteiger partial charge is 0.257 e. The zero-order valence-electron chi connectivity index (χ0n) is 14.6. The molecule has 1 saturated heterocycles. The fourth-order valence-corrected chi connectivity index (χ4v) is 3.24. The first-order valence-corrected chi connectivity index (χ1v) is 8.06. The minimum Gasteiger partial charge on any atom is -0.493 e. The number of likely N-dealkylation sites (tertiary alicyclic amines) is 1. The summed E-state index contributed by atoms with van der Waals surface area (Å²) in [5, 5.41) is 0. The third kappa shape index (κ3) is 3.76. The monoisotopic (exact) mass is 380 g/mol. The third-order valence-electron chi connectivity index (χ3n) is 4.58. The molecule has 0 saturated carbocycles. The van der Waals surface area contributed by atoms with Crippen LogP contribution >= 0.6 is 12.4 Å². The van der Waals surface area contributed by atoms with E-state index in [9.17, 15) is 9.18 Å². The lowest BCUT2D eigenvalue weighted by Gasteiger charge is -2.18. The molecule has 2 atom stereocenters. The Morgan fingerprint density at radius 2 is 1.73 bits per heavy atom. The van der Waals surface area contributed by atoms with Crippen LogP contribution in [0.5, 0.6) is 11.5 Å². The Hall–Kier alpha value is -2.31. The van der Waals surface area contributed by atoms with Gasteiger partial charge in [-0.1, -0.05) is 30.3 Å². The fourth-order valence-electron chi connectivity index (χ4n) is 3.24. The number of nitrogens with zero attached hydrogens (tertiary/aromatic N) is 1. The van der Waals surface area contributed by atoms with E-state index in [1.54, 1.807) is 4.90 Å². The van der Waals surface area contributed by atoms with Crippen molar-refractivity contribution < 1.29 is 18.7 Å². The minimum atomic E-state index is -0.639. The molecule has 2 aromatic carbocycles. The van der Waals surface area contributed by atoms with E-state index in [-0.39, 0.29) is 35.7 Å². The maximum atomic E-state index is 14.4. The van der Waals surface area contributed by atoms with Crippen molar-refractivity contribution in [2.45, 2.75) is 12.0 Å². The molecule has 0 radical (unpaired) electrons. The first-order valence-electron chi connectivity index (χ1n) is 8.06. The number of hydrogen-bond acceptors (Lipinski definition) is 4. The van der Waals surface area contributed by atoms with E-state index in [1.165, 1.54) is 20.3 Å². The number of methoxy groups -OCH3 is 2. The summed E-state index contributed by atoms with van der Waals surface area (Å²) >= 11 is 0. The SMILES string of the molecule is COc1cc(F)c(C(=O)N2C[C@@H](N)[C@H](c3ccccc3)C2)cc1OC.Cl. The summed E-state index contributed by atoms with van der Waals surface area (Å²) in [5.41, 5.74) is 7.26. The standard InChI is InChI=1S/C19H21FN2O3.ClH/c1-24-17-8-13(15(20)9-18(17)25-2)19(23)22-10-14(16(21)11-22)12-6-4-3-5-7-12;/h3-9,14,16H,10-11,21H2,1-2H3;1H/t14-,16+;/m0./s1. The van der Waals surface area contributed by atoms with Crippen LogP contribution in [-0.4, -0.2) is 44.2 Å². The van der Waals surface area contributed by atoms with Crippen molar-refractivity contribution in [3.05, 3.63) is 59.4 Å². The molecule has 5 nitrogen and oxygen atoms in total. The van der Waals surface area contributed by atoms with Gasteiger partial charge >= 0.3 is 0 Å². The Labute approximate surface area is 158 Å². The van der Waals surface area contributed by atoms with Crippen molar-refractivity contribution >= 4 is 18.3 Å². The molecule has 7 heteroatoms. The van der Waals surface area contributed by atoms with Gasteiger partial charge in [-0.15, -0.1) is 12.4 Å². The molecule has 140 valence electrons. The van der Waals surface area contributed by atoms with E-state index in [4.69, 9.17) is 15.2 Å². The van der Waals surface area contributed by atoms with Gasteiger partial charge in [0.15, 0.2) is 11.5 Å². The Balaban J connectivity index is 0.00000243. The van der Waals surface area contributed by atoms with Gasteiger partial charge in [-0.25, -0.2) is 4.39 Å². The normalized spacial score (nSPS) is 19.0. The number of benzene rings is 2. The average molecular weight is 381 g/mol. The number of carbonyl (C=O) groups excluding carboxylic acids is 1. The molecule has 2 aromatic rings. The highest BCUT2D eigenvalue weighted by molar-refractivity contribution is 5.95. The number of rotatable bonds is 4. The first kappa shape index (κ1) is 20.0. The Morgan fingerprint density at radius 1 is 1.12 bits per heavy atom. The van der Waals surface area contributed by atoms with Crippen molar-refractivity contribution in [2.75, 3.05) is 27.3 Å². The lowest BCUT2D eigenvalue weighted by molar-refractivity contribution is 0.0784. The van der Waals surface area contributed by atoms with Gasteiger partial charge < -0.3 is 20.1 Å². The molecule has 1 heterocycles. The molecule has 2 N–H and O–H groups in total. The topological polar surface area (TPSA) is 64.8 Å². The Kier molecular flexibility index (Phi) is 6.45. The molecule has 1 amide bonds. The molecule has 26 heavy (non-hydrogen) atoms. The van der Waals surface area contributed by atoms with Crippen LogP contribution in [0.2, 0.25) is 0 Å². The van der Waals surface area contributed by atoms with Crippen LogP contribution in [0.25, 0.3) is 0 Å². The van der Waals surface area contributed by atoms with Gasteiger partial charge in [0.05, 0.1) is 19.8 Å². The summed E-state index contributed by atoms with van der Waals surface area (Å²) in [7, 11) is 2.87. The maximum absolute atomic E-state index is 14.4. The van der Waals surface area contributed by atoms with Crippen molar-refractivity contribution in [1.82, 2.24) is 4.90 Å². The lowest BCUT2D eigenvalue weighted by Crippen LogP contribution is -2.32. The summed E-state index contributed by atoms with van der Waals surface area (Å²) in [6.45, 7) is 0.837. The second kappa shape index (κ2) is 8.38. The van der Waals surface area contributed by atoms with E-state index < -0.39 is 11.7 Å². The summed E-state index contributed by atoms with van der Waals surface area (Å²) in [6.07, 6.45) is 0. The van der Waals surface area contributed by atoms with Crippen LogP contribution in [0.4, 0.5) is 4.39 Å². The lowest BCUT2D eigenvalue weighted by atomic mass is 9.95. The van der Waals surface area contributed by atoms with E-state index in [1.807, 2.05) is 30.3 Å². The van der Waals surface area contributed by atoms with Crippen molar-refractivity contribution in [2.24, 2.45) is 5.73 Å². The van der Waals surface area contributed by atoms with Crippen LogP contribution in [0.15, 0.2) is 42.5 Å². The molecule has 3 rings (SSSR count). The predicted octanol–water partition coefficient (Wildman–Crippen LogP) is 2.83. The number of amides is 1. The van der Waals surface area contributed by atoms with E-state index in [0.717, 1.165) is 11.6 Å². The van der Waals surface area contributed by atoms with Crippen molar-refractivity contribution in [3.63, 3.8) is 0 Å². The quantitative estimate of drug-likeness (QED) is 0.885. The van der Waals surface area contributed by atoms with E-state index in [0.29, 0.717) is 18.8 Å². The maximum Gasteiger partial charge on any atom is 0.257 e. The van der Waals surface area contributed by atoms with E-state index in [2.05, 4.69) is 0 Å². The van der Waals surface area contributed by atoms with Gasteiger partial charge in [0.2, 0.25) is 0 Å². The van der Waals surface area contributed by atoms with Crippen molar-refractivity contribution in [1.29, 1.82) is 0 Å². The van der Waals surface area contributed by atoms with Crippen LogP contribution < -0.4 is 15.2 Å². The summed E-state index contributed by atoms with van der Waals surface area (Å²) in [5.74, 6) is -0.438. The van der Waals surface area contributed by atoms with Gasteiger partial charge in [-0.2, -0.15) is 0 Å². The van der Waals surface area contributed by atoms with Crippen LogP contribution in [0.1, 0.15) is 21.8 Å². The Morgan fingerprint density at radius 3 is 2.35 bits per heavy atom. The van der Waals surface area contributed by atoms with Crippen molar-refractivity contribution in [3.8, 4) is 11.5 Å². The summed E-state index contributed by atoms with van der Waals surface area (Å²) in [6, 6.07) is 12.2. The number of hydrogen-bond donors (Lipinski definition) is 1. The van der Waals surface area contributed by atoms with Crippen LogP contribution in [0.3, 0.4) is 0 Å². The molecule has 0 unspecified atom stereocenters. The highest BCUT2D eigenvalue weighted by Gasteiger charge is 2.35. The second-order valence-electron chi connectivity index (χ2n) is 6.08. The molecule has 0 aromatic heterocycles. The minimum absolute atomic E-state index is 0. The molecule has 1 fully saturated rings. The van der Waals surface area contributed by atoms with Gasteiger partial charge in [0, 0.05) is 31.1 Å². The van der Waals surface area contributed by atoms with Gasteiger partial charge in [-0.05, 0) is 11.6 Å². The predicted molar refractivity (Wildman–Crippen MR) is 99.8 cm³/mol. The largest absolute Gasteiger partial charge is 0.493 e. The summed E-state index contributed by atoms with van der Waals surface area (Å²) < 4.78 is 24.6.